The lowest BCUT2D eigenvalue weighted by Gasteiger charge is -2.17. The number of likely N-dealkylation sites (N-methyl/N-ethyl adjacent to an activating group) is 1. The van der Waals surface area contributed by atoms with Crippen LogP contribution in [0.5, 0.6) is 0 Å². The quantitative estimate of drug-likeness (QED) is 0.402. The maximum absolute atomic E-state index is 11.6. The van der Waals surface area contributed by atoms with E-state index in [4.69, 9.17) is 5.21 Å². The van der Waals surface area contributed by atoms with Gasteiger partial charge in [-0.3, -0.25) is 9.69 Å². The lowest BCUT2D eigenvalue weighted by molar-refractivity contribution is -0.121. The van der Waals surface area contributed by atoms with Gasteiger partial charge in [-0.25, -0.2) is 0 Å². The third-order valence-corrected chi connectivity index (χ3v) is 2.49. The van der Waals surface area contributed by atoms with Crippen LogP contribution in [0.1, 0.15) is 26.2 Å². The Morgan fingerprint density at radius 1 is 1.69 bits per heavy atom. The van der Waals surface area contributed by atoms with Crippen LogP contribution in [0.3, 0.4) is 0 Å². The summed E-state index contributed by atoms with van der Waals surface area (Å²) >= 11 is 0. The van der Waals surface area contributed by atoms with E-state index in [1.165, 1.54) is 0 Å². The van der Waals surface area contributed by atoms with Gasteiger partial charge in [0.2, 0.25) is 0 Å². The number of carbonyl (C=O) groups excluding carboxylic acids is 1. The fourth-order valence-electron chi connectivity index (χ4n) is 1.72. The zero-order chi connectivity index (χ0) is 9.84. The second-order valence-corrected chi connectivity index (χ2v) is 3.62. The Labute approximate surface area is 78.2 Å². The molecule has 0 bridgehead atoms. The number of ketones is 1. The number of rotatable bonds is 3. The van der Waals surface area contributed by atoms with E-state index in [9.17, 15) is 4.79 Å². The fraction of sp³-hybridized carbons (Fsp3) is 0.778. The average Bonchev–Trinajstić information content (AvgIpc) is 2.51. The summed E-state index contributed by atoms with van der Waals surface area (Å²) in [4.78, 5) is 13.7. The maximum atomic E-state index is 11.6. The van der Waals surface area contributed by atoms with E-state index < -0.39 is 0 Å². The third-order valence-electron chi connectivity index (χ3n) is 2.49. The molecule has 1 N–H and O–H groups in total. The predicted octanol–water partition coefficient (Wildman–Crippen LogP) is 0.890. The highest BCUT2D eigenvalue weighted by molar-refractivity contribution is 6.02. The van der Waals surface area contributed by atoms with Gasteiger partial charge in [0.25, 0.3) is 0 Å². The van der Waals surface area contributed by atoms with Gasteiger partial charge in [0.05, 0.1) is 11.8 Å². The van der Waals surface area contributed by atoms with E-state index in [2.05, 4.69) is 10.1 Å². The molecule has 1 heterocycles. The smallest absolute Gasteiger partial charge is 0.155 e. The molecule has 1 unspecified atom stereocenters. The SMILES string of the molecule is C/C(CC(=O)C1CCCN1C)=N\O. The maximum Gasteiger partial charge on any atom is 0.155 e. The van der Waals surface area contributed by atoms with E-state index in [-0.39, 0.29) is 18.2 Å². The van der Waals surface area contributed by atoms with Gasteiger partial charge in [-0.15, -0.1) is 0 Å². The lowest BCUT2D eigenvalue weighted by atomic mass is 10.1. The molecule has 1 saturated heterocycles. The zero-order valence-electron chi connectivity index (χ0n) is 8.16. The number of hydrogen-bond donors (Lipinski definition) is 1. The van der Waals surface area contributed by atoms with Crippen LogP contribution in [0.4, 0.5) is 0 Å². The molecule has 0 amide bonds. The number of likely N-dealkylation sites (tertiary alicyclic amines) is 1. The molecule has 0 saturated carbocycles. The van der Waals surface area contributed by atoms with Crippen LogP contribution in [-0.2, 0) is 4.79 Å². The first kappa shape index (κ1) is 10.2. The number of nitrogens with zero attached hydrogens (tertiary/aromatic N) is 2. The van der Waals surface area contributed by atoms with Crippen molar-refractivity contribution in [2.45, 2.75) is 32.2 Å². The summed E-state index contributed by atoms with van der Waals surface area (Å²) in [5, 5.41) is 11.4. The first-order valence-corrected chi connectivity index (χ1v) is 4.55. The number of hydrogen-bond acceptors (Lipinski definition) is 4. The minimum absolute atomic E-state index is 0.0386. The monoisotopic (exact) mass is 184 g/mol. The molecular formula is C9H16N2O2. The molecule has 4 heteroatoms. The van der Waals surface area contributed by atoms with E-state index in [1.54, 1.807) is 6.92 Å². The highest BCUT2D eigenvalue weighted by atomic mass is 16.4. The topological polar surface area (TPSA) is 52.9 Å². The molecule has 1 fully saturated rings. The Hall–Kier alpha value is -0.900. The Morgan fingerprint density at radius 3 is 2.85 bits per heavy atom. The largest absolute Gasteiger partial charge is 0.411 e. The average molecular weight is 184 g/mol. The van der Waals surface area contributed by atoms with Crippen molar-refractivity contribution in [2.24, 2.45) is 5.16 Å². The van der Waals surface area contributed by atoms with Crippen molar-refractivity contribution in [3.8, 4) is 0 Å². The standard InChI is InChI=1S/C9H16N2O2/c1-7(10-13)6-9(12)8-4-3-5-11(8)2/h8,13H,3-6H2,1-2H3/b10-7+. The Kier molecular flexibility index (Phi) is 3.42. The summed E-state index contributed by atoms with van der Waals surface area (Å²) in [6.45, 7) is 2.65. The molecule has 0 radical (unpaired) electrons. The summed E-state index contributed by atoms with van der Waals surface area (Å²) in [5.74, 6) is 0.162. The van der Waals surface area contributed by atoms with Gasteiger partial charge in [-0.1, -0.05) is 5.16 Å². The molecule has 0 aromatic heterocycles. The second-order valence-electron chi connectivity index (χ2n) is 3.62. The Balaban J connectivity index is 2.48. The van der Waals surface area contributed by atoms with Crippen molar-refractivity contribution >= 4 is 11.5 Å². The normalized spacial score (nSPS) is 25.1. The van der Waals surface area contributed by atoms with Crippen LogP contribution in [0.2, 0.25) is 0 Å². The lowest BCUT2D eigenvalue weighted by Crippen LogP contribution is -2.33. The second kappa shape index (κ2) is 4.37. The molecule has 74 valence electrons. The molecule has 0 aliphatic carbocycles. The molecule has 0 spiro atoms. The van der Waals surface area contributed by atoms with Gasteiger partial charge >= 0.3 is 0 Å². The molecule has 1 aliphatic heterocycles. The van der Waals surface area contributed by atoms with Gasteiger partial charge in [-0.2, -0.15) is 0 Å². The van der Waals surface area contributed by atoms with E-state index in [0.29, 0.717) is 5.71 Å². The van der Waals surface area contributed by atoms with Gasteiger partial charge in [0.15, 0.2) is 5.78 Å². The first-order chi connectivity index (χ1) is 6.15. The summed E-state index contributed by atoms with van der Waals surface area (Å²) in [7, 11) is 1.96. The minimum Gasteiger partial charge on any atom is -0.411 e. The van der Waals surface area contributed by atoms with E-state index in [0.717, 1.165) is 19.4 Å². The third kappa shape index (κ3) is 2.52. The van der Waals surface area contributed by atoms with Crippen molar-refractivity contribution in [1.82, 2.24) is 4.90 Å². The molecule has 4 nitrogen and oxygen atoms in total. The molecular weight excluding hydrogens is 168 g/mol. The Morgan fingerprint density at radius 2 is 2.38 bits per heavy atom. The predicted molar refractivity (Wildman–Crippen MR) is 50.2 cm³/mol. The summed E-state index contributed by atoms with van der Waals surface area (Å²) in [5.41, 5.74) is 0.491. The van der Waals surface area contributed by atoms with E-state index >= 15 is 0 Å². The zero-order valence-corrected chi connectivity index (χ0v) is 8.16. The van der Waals surface area contributed by atoms with Crippen LogP contribution in [-0.4, -0.2) is 41.2 Å². The molecule has 1 aliphatic rings. The van der Waals surface area contributed by atoms with Crippen molar-refractivity contribution < 1.29 is 10.0 Å². The van der Waals surface area contributed by atoms with Crippen LogP contribution >= 0.6 is 0 Å². The first-order valence-electron chi connectivity index (χ1n) is 4.55. The summed E-state index contributed by atoms with van der Waals surface area (Å²) in [6.07, 6.45) is 2.29. The van der Waals surface area contributed by atoms with Crippen LogP contribution < -0.4 is 0 Å². The molecule has 13 heavy (non-hydrogen) atoms. The molecule has 1 atom stereocenters. The fourth-order valence-corrected chi connectivity index (χ4v) is 1.72. The highest BCUT2D eigenvalue weighted by Crippen LogP contribution is 2.16. The van der Waals surface area contributed by atoms with Crippen LogP contribution in [0.25, 0.3) is 0 Å². The number of carbonyl (C=O) groups is 1. The number of Topliss-reactive ketones (excluding diaryl/α,β-unsaturated/α-hetero) is 1. The van der Waals surface area contributed by atoms with Crippen molar-refractivity contribution in [3.05, 3.63) is 0 Å². The van der Waals surface area contributed by atoms with Gasteiger partial charge in [-0.05, 0) is 33.4 Å². The molecule has 1 rings (SSSR count). The van der Waals surface area contributed by atoms with Crippen molar-refractivity contribution in [3.63, 3.8) is 0 Å². The highest BCUT2D eigenvalue weighted by Gasteiger charge is 2.27. The van der Waals surface area contributed by atoms with Crippen LogP contribution in [0, 0.1) is 0 Å². The number of oxime groups is 1. The van der Waals surface area contributed by atoms with Gasteiger partial charge < -0.3 is 5.21 Å². The summed E-state index contributed by atoms with van der Waals surface area (Å²) < 4.78 is 0. The van der Waals surface area contributed by atoms with Crippen LogP contribution in [0.15, 0.2) is 5.16 Å². The van der Waals surface area contributed by atoms with Crippen molar-refractivity contribution in [1.29, 1.82) is 0 Å². The van der Waals surface area contributed by atoms with Gasteiger partial charge in [0.1, 0.15) is 0 Å². The van der Waals surface area contributed by atoms with E-state index in [1.807, 2.05) is 7.05 Å². The van der Waals surface area contributed by atoms with Gasteiger partial charge in [0, 0.05) is 6.42 Å². The molecule has 0 aromatic rings. The minimum atomic E-state index is 0.0386. The van der Waals surface area contributed by atoms with Crippen molar-refractivity contribution in [2.75, 3.05) is 13.6 Å². The Bertz CT molecular complexity index is 226. The molecule has 0 aromatic carbocycles. The summed E-state index contributed by atoms with van der Waals surface area (Å²) in [6, 6.07) is 0.0386.